The van der Waals surface area contributed by atoms with Gasteiger partial charge in [0.1, 0.15) is 5.69 Å². The number of carbonyl (C=O) groups is 1. The van der Waals surface area contributed by atoms with E-state index in [1.54, 1.807) is 24.4 Å². The Kier molecular flexibility index (Phi) is 5.13. The Hall–Kier alpha value is -2.07. The summed E-state index contributed by atoms with van der Waals surface area (Å²) in [6.45, 7) is 2.57. The van der Waals surface area contributed by atoms with Crippen LogP contribution in [-0.2, 0) is 6.54 Å². The van der Waals surface area contributed by atoms with Crippen LogP contribution >= 0.6 is 0 Å². The first-order valence-electron chi connectivity index (χ1n) is 8.39. The average Bonchev–Trinajstić information content (AvgIpc) is 2.61. The highest BCUT2D eigenvalue weighted by molar-refractivity contribution is 6.08. The van der Waals surface area contributed by atoms with E-state index in [4.69, 9.17) is 0 Å². The van der Waals surface area contributed by atoms with E-state index in [9.17, 15) is 4.79 Å². The first kappa shape index (κ1) is 15.8. The van der Waals surface area contributed by atoms with Crippen molar-refractivity contribution in [2.45, 2.75) is 51.6 Å². The van der Waals surface area contributed by atoms with Crippen molar-refractivity contribution >= 4 is 5.78 Å². The van der Waals surface area contributed by atoms with Crippen molar-refractivity contribution in [2.75, 3.05) is 0 Å². The van der Waals surface area contributed by atoms with E-state index in [-0.39, 0.29) is 5.78 Å². The van der Waals surface area contributed by atoms with Crippen LogP contribution in [0.5, 0.6) is 0 Å². The summed E-state index contributed by atoms with van der Waals surface area (Å²) in [7, 11) is 0. The van der Waals surface area contributed by atoms with Crippen LogP contribution in [0.4, 0.5) is 0 Å². The van der Waals surface area contributed by atoms with Crippen LogP contribution in [0.1, 0.15) is 59.5 Å². The van der Waals surface area contributed by atoms with Crippen LogP contribution in [0, 0.1) is 6.92 Å². The van der Waals surface area contributed by atoms with Gasteiger partial charge < -0.3 is 5.32 Å². The van der Waals surface area contributed by atoms with Gasteiger partial charge in [0.05, 0.1) is 5.69 Å². The molecule has 2 aromatic rings. The summed E-state index contributed by atoms with van der Waals surface area (Å²) in [5.74, 6) is -0.0601. The number of ketones is 1. The molecule has 1 aliphatic carbocycles. The van der Waals surface area contributed by atoms with Gasteiger partial charge in [0, 0.05) is 30.0 Å². The molecule has 4 heteroatoms. The van der Waals surface area contributed by atoms with E-state index in [1.165, 1.54) is 32.1 Å². The van der Waals surface area contributed by atoms with Gasteiger partial charge in [-0.15, -0.1) is 0 Å². The Bertz CT molecular complexity index is 678. The fourth-order valence-electron chi connectivity index (χ4n) is 3.12. The van der Waals surface area contributed by atoms with Gasteiger partial charge in [-0.2, -0.15) is 0 Å². The Labute approximate surface area is 137 Å². The number of aromatic nitrogens is 2. The number of nitrogens with one attached hydrogen (secondary N) is 1. The van der Waals surface area contributed by atoms with Gasteiger partial charge in [0.2, 0.25) is 5.78 Å². The van der Waals surface area contributed by atoms with Crippen LogP contribution < -0.4 is 5.32 Å². The lowest BCUT2D eigenvalue weighted by Gasteiger charge is -2.22. The van der Waals surface area contributed by atoms with Gasteiger partial charge in [0.15, 0.2) is 0 Å². The Balaban J connectivity index is 1.69. The molecule has 0 bridgehead atoms. The minimum atomic E-state index is -0.0601. The molecular formula is C19H23N3O. The SMILES string of the molecule is Cc1ncccc1C(=O)c1cccc(CNC2CCCCC2)n1. The molecule has 120 valence electrons. The lowest BCUT2D eigenvalue weighted by Crippen LogP contribution is -2.30. The van der Waals surface area contributed by atoms with Crippen LogP contribution in [-0.4, -0.2) is 21.8 Å². The molecule has 23 heavy (non-hydrogen) atoms. The Morgan fingerprint density at radius 3 is 2.78 bits per heavy atom. The molecule has 0 amide bonds. The normalized spacial score (nSPS) is 15.5. The number of carbonyl (C=O) groups excluding carboxylic acids is 1. The van der Waals surface area contributed by atoms with Crippen LogP contribution in [0.3, 0.4) is 0 Å². The molecule has 1 fully saturated rings. The highest BCUT2D eigenvalue weighted by Crippen LogP contribution is 2.18. The van der Waals surface area contributed by atoms with E-state index >= 15 is 0 Å². The average molecular weight is 309 g/mol. The summed E-state index contributed by atoms with van der Waals surface area (Å²) in [6, 6.07) is 9.84. The van der Waals surface area contributed by atoms with Gasteiger partial charge in [-0.1, -0.05) is 25.3 Å². The topological polar surface area (TPSA) is 54.9 Å². The summed E-state index contributed by atoms with van der Waals surface area (Å²) in [6.07, 6.45) is 8.16. The molecule has 3 rings (SSSR count). The monoisotopic (exact) mass is 309 g/mol. The maximum atomic E-state index is 12.6. The van der Waals surface area contributed by atoms with Crippen molar-refractivity contribution in [3.63, 3.8) is 0 Å². The molecule has 0 aliphatic heterocycles. The predicted molar refractivity (Wildman–Crippen MR) is 90.4 cm³/mol. The van der Waals surface area contributed by atoms with Crippen molar-refractivity contribution in [1.29, 1.82) is 0 Å². The smallest absolute Gasteiger partial charge is 0.213 e. The van der Waals surface area contributed by atoms with Crippen LogP contribution in [0.15, 0.2) is 36.5 Å². The lowest BCUT2D eigenvalue weighted by atomic mass is 9.95. The quantitative estimate of drug-likeness (QED) is 0.860. The first-order valence-corrected chi connectivity index (χ1v) is 8.39. The van der Waals surface area contributed by atoms with E-state index in [0.717, 1.165) is 17.9 Å². The summed E-state index contributed by atoms with van der Waals surface area (Å²) in [5.41, 5.74) is 2.77. The number of rotatable bonds is 5. The molecular weight excluding hydrogens is 286 g/mol. The summed E-state index contributed by atoms with van der Waals surface area (Å²) in [4.78, 5) is 21.3. The van der Waals surface area contributed by atoms with Crippen molar-refractivity contribution in [1.82, 2.24) is 15.3 Å². The third-order valence-corrected chi connectivity index (χ3v) is 4.47. The van der Waals surface area contributed by atoms with E-state index in [1.807, 2.05) is 19.1 Å². The standard InChI is InChI=1S/C19H23N3O/c1-14-17(10-6-12-20-14)19(23)18-11-5-9-16(22-18)13-21-15-7-3-2-4-8-15/h5-6,9-12,15,21H,2-4,7-8,13H2,1H3. The second-order valence-corrected chi connectivity index (χ2v) is 6.20. The molecule has 2 heterocycles. The lowest BCUT2D eigenvalue weighted by molar-refractivity contribution is 0.103. The Morgan fingerprint density at radius 2 is 2.00 bits per heavy atom. The second-order valence-electron chi connectivity index (χ2n) is 6.20. The molecule has 1 N–H and O–H groups in total. The fourth-order valence-corrected chi connectivity index (χ4v) is 3.12. The van der Waals surface area contributed by atoms with Gasteiger partial charge in [0.25, 0.3) is 0 Å². The maximum Gasteiger partial charge on any atom is 0.213 e. The summed E-state index contributed by atoms with van der Waals surface area (Å²) in [5, 5.41) is 3.57. The molecule has 4 nitrogen and oxygen atoms in total. The highest BCUT2D eigenvalue weighted by Gasteiger charge is 2.15. The zero-order valence-electron chi connectivity index (χ0n) is 13.6. The van der Waals surface area contributed by atoms with E-state index in [0.29, 0.717) is 17.3 Å². The molecule has 1 aliphatic rings. The molecule has 0 aromatic carbocycles. The van der Waals surface area contributed by atoms with Gasteiger partial charge in [-0.05, 0) is 44.0 Å². The number of hydrogen-bond acceptors (Lipinski definition) is 4. The molecule has 0 saturated heterocycles. The van der Waals surface area contributed by atoms with Crippen LogP contribution in [0.25, 0.3) is 0 Å². The fraction of sp³-hybridized carbons (Fsp3) is 0.421. The van der Waals surface area contributed by atoms with Gasteiger partial charge >= 0.3 is 0 Å². The minimum Gasteiger partial charge on any atom is -0.308 e. The first-order chi connectivity index (χ1) is 11.2. The molecule has 2 aromatic heterocycles. The molecule has 0 radical (unpaired) electrons. The largest absolute Gasteiger partial charge is 0.308 e. The third kappa shape index (κ3) is 4.02. The van der Waals surface area contributed by atoms with Gasteiger partial charge in [-0.3, -0.25) is 9.78 Å². The van der Waals surface area contributed by atoms with Crippen molar-refractivity contribution in [3.8, 4) is 0 Å². The highest BCUT2D eigenvalue weighted by atomic mass is 16.1. The number of nitrogens with zero attached hydrogens (tertiary/aromatic N) is 2. The molecule has 0 unspecified atom stereocenters. The van der Waals surface area contributed by atoms with Crippen molar-refractivity contribution in [3.05, 3.63) is 59.2 Å². The molecule has 0 atom stereocenters. The molecule has 0 spiro atoms. The minimum absolute atomic E-state index is 0.0601. The Morgan fingerprint density at radius 1 is 1.17 bits per heavy atom. The second kappa shape index (κ2) is 7.47. The summed E-state index contributed by atoms with van der Waals surface area (Å²) < 4.78 is 0. The predicted octanol–water partition coefficient (Wildman–Crippen LogP) is 3.44. The van der Waals surface area contributed by atoms with Crippen LogP contribution in [0.2, 0.25) is 0 Å². The van der Waals surface area contributed by atoms with Gasteiger partial charge in [-0.25, -0.2) is 4.98 Å². The zero-order chi connectivity index (χ0) is 16.1. The van der Waals surface area contributed by atoms with E-state index < -0.39 is 0 Å². The summed E-state index contributed by atoms with van der Waals surface area (Å²) >= 11 is 0. The molecule has 1 saturated carbocycles. The zero-order valence-corrected chi connectivity index (χ0v) is 13.6. The number of aryl methyl sites for hydroxylation is 1. The third-order valence-electron chi connectivity index (χ3n) is 4.47. The number of hydrogen-bond donors (Lipinski definition) is 1. The maximum absolute atomic E-state index is 12.6. The number of pyridine rings is 2. The van der Waals surface area contributed by atoms with E-state index in [2.05, 4.69) is 15.3 Å². The van der Waals surface area contributed by atoms with Crippen molar-refractivity contribution < 1.29 is 4.79 Å². The van der Waals surface area contributed by atoms with Crippen molar-refractivity contribution in [2.24, 2.45) is 0 Å².